The van der Waals surface area contributed by atoms with Crippen molar-refractivity contribution in [2.75, 3.05) is 7.11 Å². The lowest BCUT2D eigenvalue weighted by atomic mass is 10.0. The van der Waals surface area contributed by atoms with Crippen molar-refractivity contribution in [3.05, 3.63) is 122 Å². The zero-order valence-electron chi connectivity index (χ0n) is 24.0. The van der Waals surface area contributed by atoms with Gasteiger partial charge in [0.2, 0.25) is 6.41 Å². The second-order valence-corrected chi connectivity index (χ2v) is 8.74. The second-order valence-electron chi connectivity index (χ2n) is 8.74. The van der Waals surface area contributed by atoms with E-state index in [1.165, 1.54) is 32.2 Å². The number of carbonyl (C=O) groups is 1. The Labute approximate surface area is 245 Å². The van der Waals surface area contributed by atoms with Crippen molar-refractivity contribution in [2.45, 2.75) is 46.5 Å². The monoisotopic (exact) mass is 605 g/mol. The van der Waals surface area contributed by atoms with Gasteiger partial charge in [0.05, 0.1) is 24.8 Å². The molecule has 0 aliphatic rings. The first-order valence-electron chi connectivity index (χ1n) is 13.2. The molecule has 1 amide bonds. The van der Waals surface area contributed by atoms with Crippen LogP contribution >= 0.6 is 0 Å². The number of amides is 1. The molecular weight excluding hydrogens is 573 g/mol. The van der Waals surface area contributed by atoms with Gasteiger partial charge in [0.15, 0.2) is 11.6 Å². The molecule has 0 fully saturated rings. The van der Waals surface area contributed by atoms with Gasteiger partial charge in [-0.25, -0.2) is 13.6 Å². The van der Waals surface area contributed by atoms with Crippen LogP contribution in [0.1, 0.15) is 36.2 Å². The van der Waals surface area contributed by atoms with Crippen LogP contribution in [0.25, 0.3) is 11.1 Å². The summed E-state index contributed by atoms with van der Waals surface area (Å²) in [5.41, 5.74) is 0.643. The van der Waals surface area contributed by atoms with E-state index < -0.39 is 46.7 Å². The highest BCUT2D eigenvalue weighted by molar-refractivity contribution is 5.67. The Morgan fingerprint density at radius 2 is 1.51 bits per heavy atom. The molecule has 1 heterocycles. The van der Waals surface area contributed by atoms with Gasteiger partial charge in [0.1, 0.15) is 5.82 Å². The lowest BCUT2D eigenvalue weighted by Gasteiger charge is -2.20. The average molecular weight is 606 g/mol. The van der Waals surface area contributed by atoms with Gasteiger partial charge < -0.3 is 10.5 Å². The predicted octanol–water partition coefficient (Wildman–Crippen LogP) is 5.71. The number of methoxy groups -OCH3 is 1. The number of rotatable bonds is 7. The fourth-order valence-electron chi connectivity index (χ4n) is 4.38. The maximum atomic E-state index is 15.3. The number of nitrogens with two attached hydrogens (primary N) is 1. The highest BCUT2D eigenvalue weighted by atomic mass is 19.4. The fourth-order valence-corrected chi connectivity index (χ4v) is 4.38. The van der Waals surface area contributed by atoms with Crippen molar-refractivity contribution < 1.29 is 31.5 Å². The SMILES string of the molecule is CC.COc1cccc(-c2c(C)n(Cc3c(F)cccc3C(F)(F)F)c(=O)n(CCc3ccccc3)c2=O)c1F.NC=O. The number of ether oxygens (including phenoxy) is 1. The van der Waals surface area contributed by atoms with E-state index in [9.17, 15) is 27.2 Å². The molecule has 0 aliphatic heterocycles. The smallest absolute Gasteiger partial charge is 0.416 e. The molecule has 4 rings (SSSR count). The van der Waals surface area contributed by atoms with Crippen molar-refractivity contribution >= 4 is 6.41 Å². The molecule has 3 aromatic carbocycles. The van der Waals surface area contributed by atoms with E-state index in [0.717, 1.165) is 26.8 Å². The molecule has 12 heteroatoms. The minimum atomic E-state index is -4.89. The maximum Gasteiger partial charge on any atom is 0.416 e. The Balaban J connectivity index is 0.00000121. The third kappa shape index (κ3) is 7.97. The maximum absolute atomic E-state index is 15.3. The highest BCUT2D eigenvalue weighted by Crippen LogP contribution is 2.34. The van der Waals surface area contributed by atoms with Crippen LogP contribution in [0, 0.1) is 18.6 Å². The summed E-state index contributed by atoms with van der Waals surface area (Å²) in [6.07, 6.45) is -4.40. The normalized spacial score (nSPS) is 10.6. The summed E-state index contributed by atoms with van der Waals surface area (Å²) in [5, 5.41) is 0. The van der Waals surface area contributed by atoms with E-state index in [4.69, 9.17) is 9.53 Å². The fraction of sp³-hybridized carbons (Fsp3) is 0.258. The van der Waals surface area contributed by atoms with Gasteiger partial charge in [0.25, 0.3) is 5.56 Å². The third-order valence-electron chi connectivity index (χ3n) is 6.35. The van der Waals surface area contributed by atoms with Crippen LogP contribution < -0.4 is 21.7 Å². The molecule has 0 saturated carbocycles. The number of nitrogens with zero attached hydrogens (tertiary/aromatic N) is 2. The Kier molecular flexibility index (Phi) is 12.4. The number of aromatic nitrogens is 2. The van der Waals surface area contributed by atoms with Crippen molar-refractivity contribution in [2.24, 2.45) is 5.73 Å². The number of aryl methyl sites for hydroxylation is 1. The molecule has 0 radical (unpaired) electrons. The van der Waals surface area contributed by atoms with E-state index in [2.05, 4.69) is 5.73 Å². The standard InChI is InChI=1S/C28H23F5N2O3.C2H6.CH3NO/c1-17-24(19-10-6-13-23(38-2)25(19)30)26(36)34(15-14-18-8-4-3-5-9-18)27(37)35(17)16-20-21(28(31,32)33)11-7-12-22(20)29;1-2;2-1-3/h3-13H,14-16H2,1-2H3;1-2H3;1H,(H2,2,3). The molecule has 0 spiro atoms. The van der Waals surface area contributed by atoms with Crippen LogP contribution in [0.2, 0.25) is 0 Å². The molecule has 1 aromatic heterocycles. The lowest BCUT2D eigenvalue weighted by Crippen LogP contribution is -2.43. The Hall–Kier alpha value is -4.74. The Bertz CT molecular complexity index is 1650. The summed E-state index contributed by atoms with van der Waals surface area (Å²) < 4.78 is 77.8. The van der Waals surface area contributed by atoms with Crippen LogP contribution in [0.5, 0.6) is 5.75 Å². The average Bonchev–Trinajstić information content (AvgIpc) is 2.98. The number of alkyl halides is 3. The van der Waals surface area contributed by atoms with Gasteiger partial charge in [-0.2, -0.15) is 13.2 Å². The van der Waals surface area contributed by atoms with Gasteiger partial charge in [-0.1, -0.05) is 62.4 Å². The van der Waals surface area contributed by atoms with Crippen LogP contribution in [0.3, 0.4) is 0 Å². The van der Waals surface area contributed by atoms with Gasteiger partial charge in [-0.05, 0) is 37.1 Å². The van der Waals surface area contributed by atoms with Crippen molar-refractivity contribution in [1.29, 1.82) is 0 Å². The summed E-state index contributed by atoms with van der Waals surface area (Å²) in [6, 6.07) is 15.5. The zero-order chi connectivity index (χ0) is 32.3. The molecular formula is C31H32F5N3O4. The molecule has 4 aromatic rings. The molecule has 0 unspecified atom stereocenters. The van der Waals surface area contributed by atoms with Crippen molar-refractivity contribution in [3.8, 4) is 16.9 Å². The molecule has 230 valence electrons. The largest absolute Gasteiger partial charge is 0.494 e. The summed E-state index contributed by atoms with van der Waals surface area (Å²) >= 11 is 0. The summed E-state index contributed by atoms with van der Waals surface area (Å²) in [7, 11) is 1.24. The summed E-state index contributed by atoms with van der Waals surface area (Å²) in [4.78, 5) is 35.7. The third-order valence-corrected chi connectivity index (χ3v) is 6.35. The second kappa shape index (κ2) is 15.5. The minimum Gasteiger partial charge on any atom is -0.494 e. The van der Waals surface area contributed by atoms with E-state index in [1.807, 2.05) is 13.8 Å². The quantitative estimate of drug-likeness (QED) is 0.216. The van der Waals surface area contributed by atoms with Crippen LogP contribution in [0.4, 0.5) is 22.0 Å². The van der Waals surface area contributed by atoms with E-state index in [-0.39, 0.29) is 41.9 Å². The zero-order valence-corrected chi connectivity index (χ0v) is 24.0. The first kappa shape index (κ1) is 34.5. The number of benzene rings is 3. The first-order valence-corrected chi connectivity index (χ1v) is 13.2. The van der Waals surface area contributed by atoms with E-state index in [0.29, 0.717) is 6.07 Å². The molecule has 0 aliphatic carbocycles. The van der Waals surface area contributed by atoms with Gasteiger partial charge in [-0.15, -0.1) is 0 Å². The predicted molar refractivity (Wildman–Crippen MR) is 154 cm³/mol. The van der Waals surface area contributed by atoms with Crippen molar-refractivity contribution in [3.63, 3.8) is 0 Å². The molecule has 0 bridgehead atoms. The molecule has 2 N–H and O–H groups in total. The molecule has 0 saturated heterocycles. The van der Waals surface area contributed by atoms with Gasteiger partial charge in [0, 0.05) is 23.4 Å². The minimum absolute atomic E-state index is 0.112. The number of primary amides is 1. The summed E-state index contributed by atoms with van der Waals surface area (Å²) in [5.74, 6) is -2.21. The van der Waals surface area contributed by atoms with Crippen molar-refractivity contribution in [1.82, 2.24) is 9.13 Å². The number of hydrogen-bond acceptors (Lipinski definition) is 4. The van der Waals surface area contributed by atoms with Crippen LogP contribution in [-0.2, 0) is 30.5 Å². The number of hydrogen-bond donors (Lipinski definition) is 1. The lowest BCUT2D eigenvalue weighted by molar-refractivity contribution is -0.138. The van der Waals surface area contributed by atoms with Gasteiger partial charge in [-0.3, -0.25) is 18.7 Å². The molecule has 7 nitrogen and oxygen atoms in total. The summed E-state index contributed by atoms with van der Waals surface area (Å²) in [6.45, 7) is 4.35. The topological polar surface area (TPSA) is 96.3 Å². The van der Waals surface area contributed by atoms with E-state index in [1.54, 1.807) is 30.3 Å². The Morgan fingerprint density at radius 3 is 2.09 bits per heavy atom. The Morgan fingerprint density at radius 1 is 0.907 bits per heavy atom. The van der Waals surface area contributed by atoms with Crippen LogP contribution in [0.15, 0.2) is 76.3 Å². The molecule has 43 heavy (non-hydrogen) atoms. The molecule has 0 atom stereocenters. The van der Waals surface area contributed by atoms with Gasteiger partial charge >= 0.3 is 11.9 Å². The first-order chi connectivity index (χ1) is 20.5. The van der Waals surface area contributed by atoms with Crippen LogP contribution in [-0.4, -0.2) is 22.7 Å². The number of halogens is 5. The highest BCUT2D eigenvalue weighted by Gasteiger charge is 2.35. The number of carbonyl (C=O) groups excluding carboxylic acids is 1. The van der Waals surface area contributed by atoms with E-state index >= 15 is 4.39 Å².